The van der Waals surface area contributed by atoms with E-state index >= 15 is 0 Å². The van der Waals surface area contributed by atoms with E-state index < -0.39 is 0 Å². The van der Waals surface area contributed by atoms with E-state index in [4.69, 9.17) is 0 Å². The molecule has 0 aromatic heterocycles. The maximum atomic E-state index is 9.70. The number of phenols is 2. The molecule has 0 aliphatic carbocycles. The molecule has 2 heteroatoms. The second-order valence-electron chi connectivity index (χ2n) is 4.97. The molecule has 16 heavy (non-hydrogen) atoms. The lowest BCUT2D eigenvalue weighted by Crippen LogP contribution is -1.96. The van der Waals surface area contributed by atoms with Crippen LogP contribution in [0.2, 0.25) is 0 Å². The Hall–Kier alpha value is -1.18. The molecule has 0 fully saturated rings. The Morgan fingerprint density at radius 2 is 1.75 bits per heavy atom. The Morgan fingerprint density at radius 3 is 2.38 bits per heavy atom. The molecule has 0 saturated carbocycles. The topological polar surface area (TPSA) is 40.5 Å². The van der Waals surface area contributed by atoms with Gasteiger partial charge in [0, 0.05) is 5.56 Å². The second kappa shape index (κ2) is 5.78. The first-order chi connectivity index (χ1) is 7.50. The lowest BCUT2D eigenvalue weighted by Gasteiger charge is -2.14. The van der Waals surface area contributed by atoms with Crippen molar-refractivity contribution < 1.29 is 10.2 Å². The average molecular weight is 222 g/mol. The highest BCUT2D eigenvalue weighted by Crippen LogP contribution is 2.32. The van der Waals surface area contributed by atoms with Crippen LogP contribution in [0.25, 0.3) is 0 Å². The number of phenolic OH excluding ortho intramolecular Hbond substituents is 2. The number of hydrogen-bond donors (Lipinski definition) is 2. The van der Waals surface area contributed by atoms with E-state index in [1.807, 2.05) is 0 Å². The molecule has 1 atom stereocenters. The van der Waals surface area contributed by atoms with E-state index in [9.17, 15) is 10.2 Å². The molecule has 0 heterocycles. The molecule has 1 rings (SSSR count). The third kappa shape index (κ3) is 3.76. The van der Waals surface area contributed by atoms with Gasteiger partial charge >= 0.3 is 0 Å². The summed E-state index contributed by atoms with van der Waals surface area (Å²) in [7, 11) is 0. The fourth-order valence-electron chi connectivity index (χ4n) is 1.92. The minimum Gasteiger partial charge on any atom is -0.508 e. The van der Waals surface area contributed by atoms with E-state index in [0.29, 0.717) is 5.92 Å². The standard InChI is InChI=1S/C14H22O2/c1-10(2)5-4-6-11(3)13-9-12(15)7-8-14(13)16/h7-11,15-16H,4-6H2,1-3H3. The van der Waals surface area contributed by atoms with Crippen LogP contribution in [0.3, 0.4) is 0 Å². The predicted octanol–water partition coefficient (Wildman–Crippen LogP) is 4.03. The van der Waals surface area contributed by atoms with E-state index in [-0.39, 0.29) is 11.5 Å². The largest absolute Gasteiger partial charge is 0.508 e. The molecule has 0 spiro atoms. The van der Waals surface area contributed by atoms with Crippen LogP contribution in [0.5, 0.6) is 11.5 Å². The molecule has 1 aromatic carbocycles. The normalized spacial score (nSPS) is 13.0. The Morgan fingerprint density at radius 1 is 1.06 bits per heavy atom. The molecule has 1 aromatic rings. The second-order valence-corrected chi connectivity index (χ2v) is 4.97. The van der Waals surface area contributed by atoms with E-state index in [1.54, 1.807) is 12.1 Å². The smallest absolute Gasteiger partial charge is 0.119 e. The molecule has 0 saturated heterocycles. The summed E-state index contributed by atoms with van der Waals surface area (Å²) < 4.78 is 0. The maximum Gasteiger partial charge on any atom is 0.119 e. The van der Waals surface area contributed by atoms with Gasteiger partial charge in [0.15, 0.2) is 0 Å². The first kappa shape index (κ1) is 12.9. The summed E-state index contributed by atoms with van der Waals surface area (Å²) in [6.45, 7) is 6.53. The van der Waals surface area contributed by atoms with E-state index in [0.717, 1.165) is 24.3 Å². The number of rotatable bonds is 5. The fourth-order valence-corrected chi connectivity index (χ4v) is 1.92. The molecule has 2 nitrogen and oxygen atoms in total. The van der Waals surface area contributed by atoms with Crippen LogP contribution in [0, 0.1) is 5.92 Å². The molecule has 90 valence electrons. The number of benzene rings is 1. The highest BCUT2D eigenvalue weighted by Gasteiger charge is 2.11. The molecule has 0 aliphatic rings. The highest BCUT2D eigenvalue weighted by molar-refractivity contribution is 5.40. The SMILES string of the molecule is CC(C)CCCC(C)c1cc(O)ccc1O. The van der Waals surface area contributed by atoms with Crippen molar-refractivity contribution in [2.24, 2.45) is 5.92 Å². The molecular weight excluding hydrogens is 200 g/mol. The molecule has 0 radical (unpaired) electrons. The van der Waals surface area contributed by atoms with Gasteiger partial charge in [-0.2, -0.15) is 0 Å². The summed E-state index contributed by atoms with van der Waals surface area (Å²) in [4.78, 5) is 0. The first-order valence-electron chi connectivity index (χ1n) is 6.02. The van der Waals surface area contributed by atoms with E-state index in [2.05, 4.69) is 20.8 Å². The summed E-state index contributed by atoms with van der Waals surface area (Å²) in [6.07, 6.45) is 3.42. The minimum atomic E-state index is 0.225. The molecule has 0 bridgehead atoms. The fraction of sp³-hybridized carbons (Fsp3) is 0.571. The van der Waals surface area contributed by atoms with Gasteiger partial charge in [0.25, 0.3) is 0 Å². The quantitative estimate of drug-likeness (QED) is 0.738. The zero-order valence-electron chi connectivity index (χ0n) is 10.4. The molecule has 0 aliphatic heterocycles. The molecular formula is C14H22O2. The summed E-state index contributed by atoms with van der Waals surface area (Å²) in [6, 6.07) is 4.73. The van der Waals surface area contributed by atoms with Crippen molar-refractivity contribution in [3.8, 4) is 11.5 Å². The van der Waals surface area contributed by atoms with Gasteiger partial charge in [0.2, 0.25) is 0 Å². The summed E-state index contributed by atoms with van der Waals surface area (Å²) >= 11 is 0. The van der Waals surface area contributed by atoms with Gasteiger partial charge in [0.05, 0.1) is 0 Å². The van der Waals surface area contributed by atoms with Crippen molar-refractivity contribution in [3.63, 3.8) is 0 Å². The van der Waals surface area contributed by atoms with Gasteiger partial charge in [-0.3, -0.25) is 0 Å². The van der Waals surface area contributed by atoms with E-state index in [1.165, 1.54) is 12.5 Å². The van der Waals surface area contributed by atoms with Crippen molar-refractivity contribution >= 4 is 0 Å². The highest BCUT2D eigenvalue weighted by atomic mass is 16.3. The van der Waals surface area contributed by atoms with Gasteiger partial charge in [-0.25, -0.2) is 0 Å². The third-order valence-electron chi connectivity index (χ3n) is 2.96. The van der Waals surface area contributed by atoms with Crippen LogP contribution in [0.15, 0.2) is 18.2 Å². The first-order valence-corrected chi connectivity index (χ1v) is 6.02. The molecule has 0 amide bonds. The lowest BCUT2D eigenvalue weighted by atomic mass is 9.93. The number of aromatic hydroxyl groups is 2. The van der Waals surface area contributed by atoms with Gasteiger partial charge in [-0.05, 0) is 36.5 Å². The summed E-state index contributed by atoms with van der Waals surface area (Å²) in [5.74, 6) is 1.54. The van der Waals surface area contributed by atoms with Crippen molar-refractivity contribution in [2.45, 2.75) is 46.0 Å². The van der Waals surface area contributed by atoms with Crippen molar-refractivity contribution in [1.82, 2.24) is 0 Å². The van der Waals surface area contributed by atoms with Crippen LogP contribution in [0.1, 0.15) is 51.5 Å². The monoisotopic (exact) mass is 222 g/mol. The zero-order valence-corrected chi connectivity index (χ0v) is 10.4. The number of hydrogen-bond acceptors (Lipinski definition) is 2. The van der Waals surface area contributed by atoms with Crippen LogP contribution >= 0.6 is 0 Å². The van der Waals surface area contributed by atoms with Crippen LogP contribution < -0.4 is 0 Å². The van der Waals surface area contributed by atoms with Crippen LogP contribution in [-0.4, -0.2) is 10.2 Å². The van der Waals surface area contributed by atoms with Gasteiger partial charge in [-0.1, -0.05) is 33.6 Å². The van der Waals surface area contributed by atoms with Crippen LogP contribution in [-0.2, 0) is 0 Å². The third-order valence-corrected chi connectivity index (χ3v) is 2.96. The predicted molar refractivity (Wildman–Crippen MR) is 66.9 cm³/mol. The summed E-state index contributed by atoms with van der Waals surface area (Å²) in [5.41, 5.74) is 0.851. The molecule has 2 N–H and O–H groups in total. The van der Waals surface area contributed by atoms with Crippen molar-refractivity contribution in [1.29, 1.82) is 0 Å². The minimum absolute atomic E-state index is 0.225. The lowest BCUT2D eigenvalue weighted by molar-refractivity contribution is 0.442. The van der Waals surface area contributed by atoms with Crippen LogP contribution in [0.4, 0.5) is 0 Å². The van der Waals surface area contributed by atoms with Gasteiger partial charge in [-0.15, -0.1) is 0 Å². The van der Waals surface area contributed by atoms with Gasteiger partial charge in [0.1, 0.15) is 11.5 Å². The Labute approximate surface area is 97.9 Å². The Balaban J connectivity index is 2.58. The Kier molecular flexibility index (Phi) is 4.66. The average Bonchev–Trinajstić information content (AvgIpc) is 2.21. The van der Waals surface area contributed by atoms with Crippen molar-refractivity contribution in [3.05, 3.63) is 23.8 Å². The Bertz CT molecular complexity index is 332. The maximum absolute atomic E-state index is 9.70. The summed E-state index contributed by atoms with van der Waals surface area (Å²) in [5, 5.41) is 19.1. The zero-order chi connectivity index (χ0) is 12.1. The van der Waals surface area contributed by atoms with Crippen molar-refractivity contribution in [2.75, 3.05) is 0 Å². The van der Waals surface area contributed by atoms with Gasteiger partial charge < -0.3 is 10.2 Å². The molecule has 1 unspecified atom stereocenters.